The molecule has 1 unspecified atom stereocenters. The van der Waals surface area contributed by atoms with Crippen LogP contribution in [0.25, 0.3) is 0 Å². The van der Waals surface area contributed by atoms with Gasteiger partial charge >= 0.3 is 0 Å². The zero-order chi connectivity index (χ0) is 14.0. The molecule has 0 fully saturated rings. The van der Waals surface area contributed by atoms with E-state index in [4.69, 9.17) is 16.3 Å². The number of hydrazine groups is 1. The molecule has 1 aromatic rings. The monoisotopic (exact) mass is 264 g/mol. The number of ether oxygens (including phenoxy) is 1. The lowest BCUT2D eigenvalue weighted by atomic mass is 10.1. The molecule has 1 aliphatic heterocycles. The molecule has 0 bridgehead atoms. The maximum Gasteiger partial charge on any atom is 0.268 e. The molecular weight excluding hydrogens is 248 g/mol. The van der Waals surface area contributed by atoms with Crippen molar-refractivity contribution < 1.29 is 14.3 Å². The average molecular weight is 264 g/mol. The van der Waals surface area contributed by atoms with Crippen molar-refractivity contribution in [2.45, 2.75) is 19.4 Å². The molecule has 0 spiro atoms. The number of carbonyl (C=O) groups excluding carboxylic acids is 2. The van der Waals surface area contributed by atoms with Gasteiger partial charge in [-0.3, -0.25) is 19.9 Å². The minimum Gasteiger partial charge on any atom is -0.478 e. The Morgan fingerprint density at radius 1 is 1.53 bits per heavy atom. The Balaban J connectivity index is 2.40. The number of nitrogens with zero attached hydrogens (tertiary/aromatic N) is 1. The van der Waals surface area contributed by atoms with Gasteiger partial charge in [0.25, 0.3) is 11.8 Å². The Labute approximate surface area is 110 Å². The van der Waals surface area contributed by atoms with E-state index in [-0.39, 0.29) is 12.5 Å². The van der Waals surface area contributed by atoms with Crippen LogP contribution in [0.4, 0.5) is 11.4 Å². The molecule has 0 radical (unpaired) electrons. The standard InChI is InChI=1S/C12H16N4O3/c1-2-9-12(18)16(6-11(17)15-14)8-4-3-7(13)5-10(8)19-9/h3-5,9H,2,6,13-14H2,1H3,(H,15,17). The van der Waals surface area contributed by atoms with Crippen molar-refractivity contribution in [2.24, 2.45) is 5.84 Å². The summed E-state index contributed by atoms with van der Waals surface area (Å²) in [6, 6.07) is 4.94. The molecule has 19 heavy (non-hydrogen) atoms. The van der Waals surface area contributed by atoms with Crippen molar-refractivity contribution in [1.82, 2.24) is 5.43 Å². The molecule has 7 heteroatoms. The number of carbonyl (C=O) groups is 2. The first-order valence-electron chi connectivity index (χ1n) is 5.93. The minimum absolute atomic E-state index is 0.147. The number of amides is 2. The summed E-state index contributed by atoms with van der Waals surface area (Å²) >= 11 is 0. The summed E-state index contributed by atoms with van der Waals surface area (Å²) in [5.41, 5.74) is 8.76. The van der Waals surface area contributed by atoms with Crippen LogP contribution in [0.2, 0.25) is 0 Å². The van der Waals surface area contributed by atoms with Gasteiger partial charge in [0.2, 0.25) is 0 Å². The van der Waals surface area contributed by atoms with Gasteiger partial charge in [-0.05, 0) is 18.6 Å². The van der Waals surface area contributed by atoms with Crippen LogP contribution < -0.4 is 26.6 Å². The van der Waals surface area contributed by atoms with Gasteiger partial charge in [-0.1, -0.05) is 6.92 Å². The Morgan fingerprint density at radius 3 is 2.89 bits per heavy atom. The Kier molecular flexibility index (Phi) is 3.57. The Bertz CT molecular complexity index is 518. The maximum atomic E-state index is 12.2. The van der Waals surface area contributed by atoms with Crippen molar-refractivity contribution in [1.29, 1.82) is 0 Å². The predicted octanol–water partition coefficient (Wildman–Crippen LogP) is -0.237. The summed E-state index contributed by atoms with van der Waals surface area (Å²) in [5, 5.41) is 0. The van der Waals surface area contributed by atoms with E-state index in [0.29, 0.717) is 23.5 Å². The van der Waals surface area contributed by atoms with Crippen LogP contribution in [-0.4, -0.2) is 24.5 Å². The van der Waals surface area contributed by atoms with Gasteiger partial charge < -0.3 is 10.5 Å². The fourth-order valence-corrected chi connectivity index (χ4v) is 1.95. The molecule has 1 aliphatic rings. The highest BCUT2D eigenvalue weighted by Crippen LogP contribution is 2.36. The van der Waals surface area contributed by atoms with Gasteiger partial charge in [-0.25, -0.2) is 5.84 Å². The highest BCUT2D eigenvalue weighted by molar-refractivity contribution is 6.04. The number of rotatable bonds is 3. The van der Waals surface area contributed by atoms with Gasteiger partial charge in [0.05, 0.1) is 5.69 Å². The van der Waals surface area contributed by atoms with Crippen molar-refractivity contribution in [3.63, 3.8) is 0 Å². The number of fused-ring (bicyclic) bond motifs is 1. The summed E-state index contributed by atoms with van der Waals surface area (Å²) in [5.74, 6) is 4.84. The van der Waals surface area contributed by atoms with Crippen LogP contribution in [0.5, 0.6) is 5.75 Å². The molecule has 2 rings (SSSR count). The molecule has 102 valence electrons. The third-order valence-electron chi connectivity index (χ3n) is 2.92. The normalized spacial score (nSPS) is 17.7. The van der Waals surface area contributed by atoms with Gasteiger partial charge in [0.1, 0.15) is 12.3 Å². The van der Waals surface area contributed by atoms with Crippen molar-refractivity contribution in [3.05, 3.63) is 18.2 Å². The highest BCUT2D eigenvalue weighted by atomic mass is 16.5. The minimum atomic E-state index is -0.611. The number of hydrogen-bond donors (Lipinski definition) is 3. The van der Waals surface area contributed by atoms with E-state index >= 15 is 0 Å². The van der Waals surface area contributed by atoms with Crippen LogP contribution in [0.1, 0.15) is 13.3 Å². The number of nitrogens with two attached hydrogens (primary N) is 2. The maximum absolute atomic E-state index is 12.2. The predicted molar refractivity (Wildman–Crippen MR) is 70.2 cm³/mol. The Hall–Kier alpha value is -2.28. The lowest BCUT2D eigenvalue weighted by molar-refractivity contribution is -0.129. The van der Waals surface area contributed by atoms with Crippen molar-refractivity contribution in [2.75, 3.05) is 17.2 Å². The second-order valence-corrected chi connectivity index (χ2v) is 4.23. The lowest BCUT2D eigenvalue weighted by Crippen LogP contribution is -2.50. The third-order valence-corrected chi connectivity index (χ3v) is 2.92. The van der Waals surface area contributed by atoms with Gasteiger partial charge in [0, 0.05) is 11.8 Å². The van der Waals surface area contributed by atoms with Crippen LogP contribution >= 0.6 is 0 Å². The first-order valence-corrected chi connectivity index (χ1v) is 5.93. The summed E-state index contributed by atoms with van der Waals surface area (Å²) in [4.78, 5) is 25.0. The van der Waals surface area contributed by atoms with Crippen molar-refractivity contribution >= 4 is 23.2 Å². The molecular formula is C12H16N4O3. The van der Waals surface area contributed by atoms with Crippen molar-refractivity contribution in [3.8, 4) is 5.75 Å². The third kappa shape index (κ3) is 2.45. The molecule has 0 saturated heterocycles. The zero-order valence-electron chi connectivity index (χ0n) is 10.6. The van der Waals surface area contributed by atoms with Crippen LogP contribution in [-0.2, 0) is 9.59 Å². The number of nitrogens with one attached hydrogen (secondary N) is 1. The molecule has 2 amide bonds. The van der Waals surface area contributed by atoms with E-state index < -0.39 is 12.0 Å². The van der Waals surface area contributed by atoms with Crippen LogP contribution in [0.15, 0.2) is 18.2 Å². The van der Waals surface area contributed by atoms with Crippen LogP contribution in [0.3, 0.4) is 0 Å². The number of anilines is 2. The molecule has 1 atom stereocenters. The smallest absolute Gasteiger partial charge is 0.268 e. The van der Waals surface area contributed by atoms with E-state index in [2.05, 4.69) is 0 Å². The van der Waals surface area contributed by atoms with Crippen LogP contribution in [0, 0.1) is 0 Å². The number of hydrogen-bond acceptors (Lipinski definition) is 5. The number of nitrogen functional groups attached to an aromatic ring is 1. The highest BCUT2D eigenvalue weighted by Gasteiger charge is 2.34. The second-order valence-electron chi connectivity index (χ2n) is 4.23. The van der Waals surface area contributed by atoms with E-state index in [1.54, 1.807) is 18.2 Å². The fourth-order valence-electron chi connectivity index (χ4n) is 1.95. The van der Waals surface area contributed by atoms with E-state index in [0.717, 1.165) is 0 Å². The van der Waals surface area contributed by atoms with E-state index in [1.165, 1.54) is 4.90 Å². The quantitative estimate of drug-likeness (QED) is 0.302. The summed E-state index contributed by atoms with van der Waals surface area (Å²) in [7, 11) is 0. The average Bonchev–Trinajstić information content (AvgIpc) is 2.41. The fraction of sp³-hybridized carbons (Fsp3) is 0.333. The van der Waals surface area contributed by atoms with E-state index in [1.807, 2.05) is 12.3 Å². The van der Waals surface area contributed by atoms with Gasteiger partial charge in [-0.2, -0.15) is 0 Å². The SMILES string of the molecule is CCC1Oc2cc(N)ccc2N(CC(=O)NN)C1=O. The zero-order valence-corrected chi connectivity index (χ0v) is 10.6. The molecule has 1 aromatic carbocycles. The van der Waals surface area contributed by atoms with Gasteiger partial charge in [-0.15, -0.1) is 0 Å². The summed E-state index contributed by atoms with van der Waals surface area (Å²) in [6.07, 6.45) is -0.103. The second kappa shape index (κ2) is 5.15. The largest absolute Gasteiger partial charge is 0.478 e. The lowest BCUT2D eigenvalue weighted by Gasteiger charge is -2.33. The first-order chi connectivity index (χ1) is 9.06. The molecule has 0 aliphatic carbocycles. The molecule has 0 aromatic heterocycles. The first kappa shape index (κ1) is 13.2. The molecule has 1 heterocycles. The van der Waals surface area contributed by atoms with E-state index in [9.17, 15) is 9.59 Å². The summed E-state index contributed by atoms with van der Waals surface area (Å²) in [6.45, 7) is 1.69. The molecule has 7 nitrogen and oxygen atoms in total. The Morgan fingerprint density at radius 2 is 2.26 bits per heavy atom. The molecule has 0 saturated carbocycles. The molecule has 5 N–H and O–H groups in total. The topological polar surface area (TPSA) is 111 Å². The number of benzene rings is 1. The van der Waals surface area contributed by atoms with Gasteiger partial charge in [0.15, 0.2) is 6.10 Å². The summed E-state index contributed by atoms with van der Waals surface area (Å²) < 4.78 is 5.59.